The lowest BCUT2D eigenvalue weighted by molar-refractivity contribution is -0.111. The number of benzene rings is 2. The van der Waals surface area contributed by atoms with Gasteiger partial charge in [0.1, 0.15) is 11.5 Å². The lowest BCUT2D eigenvalue weighted by atomic mass is 10.2. The maximum atomic E-state index is 12.2. The van der Waals surface area contributed by atoms with Crippen molar-refractivity contribution in [1.82, 2.24) is 0 Å². The minimum atomic E-state index is -0.237. The summed E-state index contributed by atoms with van der Waals surface area (Å²) >= 11 is 12.3. The van der Waals surface area contributed by atoms with E-state index in [1.54, 1.807) is 30.3 Å². The van der Waals surface area contributed by atoms with E-state index >= 15 is 0 Å². The molecule has 1 N–H and O–H groups in total. The lowest BCUT2D eigenvalue weighted by Crippen LogP contribution is -2.21. The van der Waals surface area contributed by atoms with Gasteiger partial charge in [-0.25, -0.2) is 0 Å². The molecule has 4 nitrogen and oxygen atoms in total. The first-order valence-electron chi connectivity index (χ1n) is 9.40. The van der Waals surface area contributed by atoms with Gasteiger partial charge in [-0.15, -0.1) is 0 Å². The van der Waals surface area contributed by atoms with Crippen LogP contribution in [0.15, 0.2) is 65.1 Å². The third-order valence-electron chi connectivity index (χ3n) is 4.51. The standard InChI is InChI=1S/C23H22Cl2N2O2/c1-3-27(4-2)17-10-8-16(9-11-17)26-22(28)15-13-18-12-14-21(29-18)19-6-5-7-20(24)23(19)25/h5-15H,3-4H2,1-2H3,(H,26,28). The molecule has 0 radical (unpaired) electrons. The summed E-state index contributed by atoms with van der Waals surface area (Å²) in [6.45, 7) is 6.11. The number of hydrogen-bond donors (Lipinski definition) is 1. The molecule has 29 heavy (non-hydrogen) atoms. The quantitative estimate of drug-likeness (QED) is 0.423. The van der Waals surface area contributed by atoms with Crippen LogP contribution in [0.3, 0.4) is 0 Å². The summed E-state index contributed by atoms with van der Waals surface area (Å²) in [5.41, 5.74) is 2.57. The summed E-state index contributed by atoms with van der Waals surface area (Å²) in [7, 11) is 0. The van der Waals surface area contributed by atoms with Gasteiger partial charge in [-0.2, -0.15) is 0 Å². The molecular formula is C23H22Cl2N2O2. The predicted octanol–water partition coefficient (Wildman–Crippen LogP) is 6.75. The average molecular weight is 429 g/mol. The number of nitrogens with one attached hydrogen (secondary N) is 1. The molecule has 150 valence electrons. The molecule has 0 atom stereocenters. The van der Waals surface area contributed by atoms with Crippen molar-refractivity contribution in [3.63, 3.8) is 0 Å². The SMILES string of the molecule is CCN(CC)c1ccc(NC(=O)C=Cc2ccc(-c3cccc(Cl)c3Cl)o2)cc1. The largest absolute Gasteiger partial charge is 0.457 e. The topological polar surface area (TPSA) is 45.5 Å². The first-order chi connectivity index (χ1) is 14.0. The fourth-order valence-corrected chi connectivity index (χ4v) is 3.36. The van der Waals surface area contributed by atoms with Crippen molar-refractivity contribution in [3.8, 4) is 11.3 Å². The number of amides is 1. The van der Waals surface area contributed by atoms with Gasteiger partial charge in [0.25, 0.3) is 0 Å². The molecule has 0 aliphatic heterocycles. The van der Waals surface area contributed by atoms with Gasteiger partial charge in [-0.05, 0) is 68.5 Å². The molecule has 0 bridgehead atoms. The highest BCUT2D eigenvalue weighted by molar-refractivity contribution is 6.43. The van der Waals surface area contributed by atoms with Gasteiger partial charge in [-0.3, -0.25) is 4.79 Å². The van der Waals surface area contributed by atoms with Crippen LogP contribution in [-0.4, -0.2) is 19.0 Å². The molecule has 0 spiro atoms. The Kier molecular flexibility index (Phi) is 7.02. The average Bonchev–Trinajstić information content (AvgIpc) is 3.19. The minimum Gasteiger partial charge on any atom is -0.457 e. The van der Waals surface area contributed by atoms with Crippen LogP contribution in [0.5, 0.6) is 0 Å². The van der Waals surface area contributed by atoms with Gasteiger partial charge < -0.3 is 14.6 Å². The monoisotopic (exact) mass is 428 g/mol. The molecule has 3 rings (SSSR count). The number of rotatable bonds is 7. The molecule has 0 unspecified atom stereocenters. The highest BCUT2D eigenvalue weighted by Crippen LogP contribution is 2.34. The van der Waals surface area contributed by atoms with Crippen LogP contribution in [0.25, 0.3) is 17.4 Å². The van der Waals surface area contributed by atoms with Crippen LogP contribution in [0, 0.1) is 0 Å². The van der Waals surface area contributed by atoms with E-state index in [2.05, 4.69) is 24.1 Å². The number of anilines is 2. The molecule has 3 aromatic rings. The van der Waals surface area contributed by atoms with Crippen LogP contribution >= 0.6 is 23.2 Å². The number of nitrogens with zero attached hydrogens (tertiary/aromatic N) is 1. The second-order valence-corrected chi connectivity index (χ2v) is 7.13. The van der Waals surface area contributed by atoms with E-state index in [9.17, 15) is 4.79 Å². The zero-order valence-electron chi connectivity index (χ0n) is 16.3. The Bertz CT molecular complexity index is 1010. The molecule has 0 aliphatic carbocycles. The highest BCUT2D eigenvalue weighted by atomic mass is 35.5. The van der Waals surface area contributed by atoms with E-state index in [0.717, 1.165) is 24.5 Å². The molecule has 1 heterocycles. The van der Waals surface area contributed by atoms with Crippen LogP contribution in [0.4, 0.5) is 11.4 Å². The fourth-order valence-electron chi connectivity index (χ4n) is 2.97. The number of furan rings is 1. The Hall–Kier alpha value is -2.69. The van der Waals surface area contributed by atoms with E-state index in [-0.39, 0.29) is 5.91 Å². The molecular weight excluding hydrogens is 407 g/mol. The highest BCUT2D eigenvalue weighted by Gasteiger charge is 2.10. The summed E-state index contributed by atoms with van der Waals surface area (Å²) in [5, 5.41) is 3.74. The third-order valence-corrected chi connectivity index (χ3v) is 5.33. The summed E-state index contributed by atoms with van der Waals surface area (Å²) in [5.74, 6) is 0.895. The Balaban J connectivity index is 1.64. The van der Waals surface area contributed by atoms with Gasteiger partial charge in [0, 0.05) is 36.1 Å². The normalized spacial score (nSPS) is 11.0. The van der Waals surface area contributed by atoms with Crippen molar-refractivity contribution in [2.75, 3.05) is 23.3 Å². The Morgan fingerprint density at radius 1 is 1.03 bits per heavy atom. The summed E-state index contributed by atoms with van der Waals surface area (Å²) < 4.78 is 5.76. The Morgan fingerprint density at radius 2 is 1.76 bits per heavy atom. The fraction of sp³-hybridized carbons (Fsp3) is 0.174. The van der Waals surface area contributed by atoms with Gasteiger partial charge in [0.2, 0.25) is 5.91 Å². The summed E-state index contributed by atoms with van der Waals surface area (Å²) in [6, 6.07) is 16.7. The molecule has 0 aliphatic rings. The second kappa shape index (κ2) is 9.68. The molecule has 0 saturated carbocycles. The van der Waals surface area contributed by atoms with Gasteiger partial charge in [0.15, 0.2) is 0 Å². The van der Waals surface area contributed by atoms with Gasteiger partial charge in [0.05, 0.1) is 10.0 Å². The van der Waals surface area contributed by atoms with Crippen molar-refractivity contribution in [2.24, 2.45) is 0 Å². The van der Waals surface area contributed by atoms with Crippen molar-refractivity contribution < 1.29 is 9.21 Å². The first kappa shape index (κ1) is 21.0. The first-order valence-corrected chi connectivity index (χ1v) is 10.2. The van der Waals surface area contributed by atoms with Gasteiger partial charge >= 0.3 is 0 Å². The smallest absolute Gasteiger partial charge is 0.248 e. The Labute approximate surface area is 180 Å². The van der Waals surface area contributed by atoms with Crippen LogP contribution in [0.1, 0.15) is 19.6 Å². The van der Waals surface area contributed by atoms with E-state index < -0.39 is 0 Å². The molecule has 0 fully saturated rings. The molecule has 1 aromatic heterocycles. The molecule has 0 saturated heterocycles. The third kappa shape index (κ3) is 5.22. The zero-order valence-corrected chi connectivity index (χ0v) is 17.8. The van der Waals surface area contributed by atoms with Crippen molar-refractivity contribution in [2.45, 2.75) is 13.8 Å². The van der Waals surface area contributed by atoms with Crippen molar-refractivity contribution in [3.05, 3.63) is 76.5 Å². The minimum absolute atomic E-state index is 0.237. The van der Waals surface area contributed by atoms with Crippen LogP contribution in [0.2, 0.25) is 10.0 Å². The van der Waals surface area contributed by atoms with Crippen molar-refractivity contribution in [1.29, 1.82) is 0 Å². The van der Waals surface area contributed by atoms with E-state index in [1.165, 1.54) is 6.08 Å². The van der Waals surface area contributed by atoms with Crippen molar-refractivity contribution >= 4 is 46.6 Å². The van der Waals surface area contributed by atoms with E-state index in [4.69, 9.17) is 27.6 Å². The maximum Gasteiger partial charge on any atom is 0.248 e. The molecule has 2 aromatic carbocycles. The van der Waals surface area contributed by atoms with Crippen LogP contribution in [-0.2, 0) is 4.79 Å². The number of carbonyl (C=O) groups is 1. The summed E-state index contributed by atoms with van der Waals surface area (Å²) in [4.78, 5) is 14.4. The summed E-state index contributed by atoms with van der Waals surface area (Å²) in [6.07, 6.45) is 3.04. The number of halogens is 2. The van der Waals surface area contributed by atoms with Crippen LogP contribution < -0.4 is 10.2 Å². The van der Waals surface area contributed by atoms with E-state index in [0.29, 0.717) is 27.1 Å². The maximum absolute atomic E-state index is 12.2. The predicted molar refractivity (Wildman–Crippen MR) is 122 cm³/mol. The van der Waals surface area contributed by atoms with Gasteiger partial charge in [-0.1, -0.05) is 29.3 Å². The zero-order chi connectivity index (χ0) is 20.8. The molecule has 6 heteroatoms. The Morgan fingerprint density at radius 3 is 2.45 bits per heavy atom. The second-order valence-electron chi connectivity index (χ2n) is 6.35. The number of carbonyl (C=O) groups excluding carboxylic acids is 1. The lowest BCUT2D eigenvalue weighted by Gasteiger charge is -2.21. The van der Waals surface area contributed by atoms with E-state index in [1.807, 2.05) is 30.3 Å². The molecule has 1 amide bonds. The number of hydrogen-bond acceptors (Lipinski definition) is 3.